The maximum Gasteiger partial charge on any atom is 0.272 e. The van der Waals surface area contributed by atoms with E-state index in [2.05, 4.69) is 0 Å². The number of aliphatic hydroxyl groups excluding tert-OH is 1. The molecule has 1 N–H and O–H groups in total. The van der Waals surface area contributed by atoms with Crippen LogP contribution in [0.15, 0.2) is 53.4 Å². The number of hydrogen-bond donors (Lipinski definition) is 1. The number of thioether (sulfide) groups is 1. The van der Waals surface area contributed by atoms with E-state index < -0.39 is 23.4 Å². The van der Waals surface area contributed by atoms with Gasteiger partial charge in [-0.15, -0.1) is 11.8 Å². The second-order valence-electron chi connectivity index (χ2n) is 5.21. The number of rotatable bonds is 5. The molecule has 3 rings (SSSR count). The smallest absolute Gasteiger partial charge is 0.272 e. The van der Waals surface area contributed by atoms with Crippen molar-refractivity contribution in [2.45, 2.75) is 0 Å². The van der Waals surface area contributed by atoms with Crippen molar-refractivity contribution in [1.82, 2.24) is 0 Å². The molecule has 0 unspecified atom stereocenters. The first kappa shape index (κ1) is 17.3. The molecule has 128 valence electrons. The molecule has 1 heterocycles. The number of hydrogen-bond acceptors (Lipinski definition) is 4. The Morgan fingerprint density at radius 3 is 2.00 bits per heavy atom. The van der Waals surface area contributed by atoms with Gasteiger partial charge in [0.15, 0.2) is 0 Å². The second kappa shape index (κ2) is 7.16. The zero-order chi connectivity index (χ0) is 18.0. The average Bonchev–Trinajstić information content (AvgIpc) is 2.85. The van der Waals surface area contributed by atoms with Crippen LogP contribution in [0.5, 0.6) is 0 Å². The molecule has 0 fully saturated rings. The Kier molecular flexibility index (Phi) is 4.96. The number of anilines is 1. The van der Waals surface area contributed by atoms with Crippen LogP contribution < -0.4 is 4.90 Å². The Balaban J connectivity index is 2.05. The van der Waals surface area contributed by atoms with Crippen molar-refractivity contribution in [2.24, 2.45) is 0 Å². The molecule has 0 aromatic heterocycles. The van der Waals surface area contributed by atoms with E-state index in [9.17, 15) is 18.4 Å². The van der Waals surface area contributed by atoms with Gasteiger partial charge in [0.25, 0.3) is 11.8 Å². The Morgan fingerprint density at radius 2 is 1.44 bits per heavy atom. The Morgan fingerprint density at radius 1 is 0.880 bits per heavy atom. The van der Waals surface area contributed by atoms with Crippen molar-refractivity contribution in [3.8, 4) is 0 Å². The summed E-state index contributed by atoms with van der Waals surface area (Å²) in [5, 5.41) is 9.04. The first-order valence-corrected chi connectivity index (χ1v) is 8.39. The molecular formula is C18H13F2NO3S. The minimum atomic E-state index is -0.566. The van der Waals surface area contributed by atoms with Crippen molar-refractivity contribution in [1.29, 1.82) is 0 Å². The van der Waals surface area contributed by atoms with Gasteiger partial charge in [0.05, 0.1) is 22.8 Å². The normalized spacial score (nSPS) is 14.6. The summed E-state index contributed by atoms with van der Waals surface area (Å²) in [6.07, 6.45) is 0. The van der Waals surface area contributed by atoms with Crippen molar-refractivity contribution in [3.05, 3.63) is 70.6 Å². The second-order valence-corrected chi connectivity index (χ2v) is 6.31. The number of nitrogens with zero attached hydrogens (tertiary/aromatic N) is 1. The highest BCUT2D eigenvalue weighted by Gasteiger charge is 2.40. The monoisotopic (exact) mass is 361 g/mol. The number of imide groups is 1. The van der Waals surface area contributed by atoms with E-state index >= 15 is 0 Å². The summed E-state index contributed by atoms with van der Waals surface area (Å²) in [6, 6.07) is 10.2. The number of aliphatic hydroxyl groups is 1. The predicted octanol–water partition coefficient (Wildman–Crippen LogP) is 2.97. The summed E-state index contributed by atoms with van der Waals surface area (Å²) in [6.45, 7) is -0.164. The van der Waals surface area contributed by atoms with Gasteiger partial charge in [-0.2, -0.15) is 0 Å². The minimum absolute atomic E-state index is 0.146. The van der Waals surface area contributed by atoms with Crippen molar-refractivity contribution in [2.75, 3.05) is 17.3 Å². The van der Waals surface area contributed by atoms with E-state index in [0.29, 0.717) is 5.56 Å². The lowest BCUT2D eigenvalue weighted by Crippen LogP contribution is -2.31. The van der Waals surface area contributed by atoms with E-state index in [0.717, 1.165) is 28.8 Å². The molecular weight excluding hydrogens is 348 g/mol. The van der Waals surface area contributed by atoms with Gasteiger partial charge in [0.2, 0.25) is 0 Å². The molecule has 0 atom stereocenters. The van der Waals surface area contributed by atoms with Gasteiger partial charge in [-0.1, -0.05) is 12.1 Å². The van der Waals surface area contributed by atoms with Gasteiger partial charge in [-0.3, -0.25) is 9.59 Å². The van der Waals surface area contributed by atoms with Crippen LogP contribution >= 0.6 is 11.8 Å². The van der Waals surface area contributed by atoms with Crippen LogP contribution in [0.25, 0.3) is 5.57 Å². The number of amides is 2. The molecule has 1 aliphatic heterocycles. The molecule has 7 heteroatoms. The van der Waals surface area contributed by atoms with E-state index in [1.165, 1.54) is 36.4 Å². The third-order valence-electron chi connectivity index (χ3n) is 3.60. The van der Waals surface area contributed by atoms with Gasteiger partial charge >= 0.3 is 0 Å². The Hall–Kier alpha value is -2.51. The van der Waals surface area contributed by atoms with Crippen LogP contribution in [0.3, 0.4) is 0 Å². The van der Waals surface area contributed by atoms with Gasteiger partial charge in [-0.05, 0) is 42.0 Å². The lowest BCUT2D eigenvalue weighted by atomic mass is 10.1. The van der Waals surface area contributed by atoms with Gasteiger partial charge < -0.3 is 5.11 Å². The molecule has 0 aliphatic carbocycles. The summed E-state index contributed by atoms with van der Waals surface area (Å²) in [5.41, 5.74) is 0.799. The van der Waals surface area contributed by atoms with Crippen molar-refractivity contribution >= 4 is 34.8 Å². The molecule has 2 aromatic carbocycles. The Bertz CT molecular complexity index is 848. The molecule has 0 radical (unpaired) electrons. The zero-order valence-electron chi connectivity index (χ0n) is 12.9. The molecule has 0 spiro atoms. The average molecular weight is 361 g/mol. The van der Waals surface area contributed by atoms with Crippen LogP contribution in [0.2, 0.25) is 0 Å². The summed E-state index contributed by atoms with van der Waals surface area (Å²) < 4.78 is 26.3. The largest absolute Gasteiger partial charge is 0.396 e. The van der Waals surface area contributed by atoms with E-state index in [4.69, 9.17) is 5.11 Å². The van der Waals surface area contributed by atoms with E-state index in [-0.39, 0.29) is 28.5 Å². The molecule has 0 saturated heterocycles. The third-order valence-corrected chi connectivity index (χ3v) is 4.65. The summed E-state index contributed by atoms with van der Waals surface area (Å²) >= 11 is 1.05. The first-order valence-electron chi connectivity index (χ1n) is 7.41. The first-order chi connectivity index (χ1) is 12.0. The molecule has 2 aromatic rings. The number of carbonyl (C=O) groups is 2. The fraction of sp³-hybridized carbons (Fsp3) is 0.111. The van der Waals surface area contributed by atoms with Crippen LogP contribution in [0.4, 0.5) is 14.5 Å². The van der Waals surface area contributed by atoms with Crippen LogP contribution in [-0.4, -0.2) is 29.3 Å². The fourth-order valence-electron chi connectivity index (χ4n) is 2.49. The number of benzene rings is 2. The standard InChI is InChI=1S/C18H13F2NO3S/c19-12-3-1-11(2-4-12)15-16(25-10-9-22)18(24)21(17(15)23)14-7-5-13(20)6-8-14/h1-8,22H,9-10H2. The highest BCUT2D eigenvalue weighted by atomic mass is 32.2. The molecule has 25 heavy (non-hydrogen) atoms. The molecule has 4 nitrogen and oxygen atoms in total. The van der Waals surface area contributed by atoms with Gasteiger partial charge in [0, 0.05) is 5.75 Å². The number of halogens is 2. The van der Waals surface area contributed by atoms with Crippen molar-refractivity contribution < 1.29 is 23.5 Å². The summed E-state index contributed by atoms with van der Waals surface area (Å²) in [4.78, 5) is 26.7. The molecule has 2 amide bonds. The quantitative estimate of drug-likeness (QED) is 0.832. The predicted molar refractivity (Wildman–Crippen MR) is 91.8 cm³/mol. The highest BCUT2D eigenvalue weighted by Crippen LogP contribution is 2.38. The van der Waals surface area contributed by atoms with Gasteiger partial charge in [0.1, 0.15) is 11.6 Å². The van der Waals surface area contributed by atoms with E-state index in [1.54, 1.807) is 0 Å². The lowest BCUT2D eigenvalue weighted by Gasteiger charge is -2.15. The van der Waals surface area contributed by atoms with Crippen molar-refractivity contribution in [3.63, 3.8) is 0 Å². The fourth-order valence-corrected chi connectivity index (χ4v) is 3.35. The van der Waals surface area contributed by atoms with Gasteiger partial charge in [-0.25, -0.2) is 13.7 Å². The minimum Gasteiger partial charge on any atom is -0.396 e. The van der Waals surface area contributed by atoms with Crippen LogP contribution in [-0.2, 0) is 9.59 Å². The summed E-state index contributed by atoms with van der Waals surface area (Å²) in [5.74, 6) is -1.82. The highest BCUT2D eigenvalue weighted by molar-refractivity contribution is 8.04. The summed E-state index contributed by atoms with van der Waals surface area (Å²) in [7, 11) is 0. The molecule has 0 bridgehead atoms. The lowest BCUT2D eigenvalue weighted by molar-refractivity contribution is -0.119. The Labute approximate surface area is 146 Å². The maximum absolute atomic E-state index is 13.2. The molecule has 1 aliphatic rings. The van der Waals surface area contributed by atoms with Crippen LogP contribution in [0, 0.1) is 11.6 Å². The van der Waals surface area contributed by atoms with Crippen LogP contribution in [0.1, 0.15) is 5.56 Å². The zero-order valence-corrected chi connectivity index (χ0v) is 13.7. The number of carbonyl (C=O) groups excluding carboxylic acids is 2. The molecule has 0 saturated carbocycles. The third kappa shape index (κ3) is 3.33. The maximum atomic E-state index is 13.2. The topological polar surface area (TPSA) is 57.6 Å². The van der Waals surface area contributed by atoms with E-state index in [1.807, 2.05) is 0 Å². The SMILES string of the molecule is O=C1C(SCCO)=C(c2ccc(F)cc2)C(=O)N1c1ccc(F)cc1.